The third-order valence-corrected chi connectivity index (χ3v) is 3.12. The van der Waals surface area contributed by atoms with Crippen LogP contribution < -0.4 is 10.1 Å². The Morgan fingerprint density at radius 2 is 1.83 bits per heavy atom. The predicted octanol–water partition coefficient (Wildman–Crippen LogP) is 0.0878. The molecular formula is C14H21N2O2+. The molecule has 98 valence electrons. The molecule has 4 nitrogen and oxygen atoms in total. The topological polar surface area (TPSA) is 46.1 Å². The number of carbonyl (C=O) groups excluding carboxylic acids is 1. The average molecular weight is 249 g/mol. The van der Waals surface area contributed by atoms with Gasteiger partial charge in [-0.2, -0.15) is 0 Å². The molecule has 1 aromatic rings. The monoisotopic (exact) mass is 249 g/mol. The zero-order valence-corrected chi connectivity index (χ0v) is 11.1. The van der Waals surface area contributed by atoms with Crippen molar-refractivity contribution >= 4 is 5.91 Å². The molecule has 2 N–H and O–H groups in total. The minimum atomic E-state index is 0.0854. The van der Waals surface area contributed by atoms with Gasteiger partial charge in [0.1, 0.15) is 5.75 Å². The molecule has 0 aromatic heterocycles. The lowest BCUT2D eigenvalue weighted by molar-refractivity contribution is -0.662. The number of hydrogen-bond donors (Lipinski definition) is 1. The van der Waals surface area contributed by atoms with E-state index >= 15 is 0 Å². The number of benzene rings is 1. The van der Waals surface area contributed by atoms with Crippen molar-refractivity contribution in [1.29, 1.82) is 0 Å². The summed E-state index contributed by atoms with van der Waals surface area (Å²) in [5.41, 5.74) is 2.31. The lowest BCUT2D eigenvalue weighted by Gasteiger charge is -2.25. The first kappa shape index (κ1) is 12.9. The summed E-state index contributed by atoms with van der Waals surface area (Å²) in [5.74, 6) is 0.867. The second-order valence-corrected chi connectivity index (χ2v) is 4.86. The molecule has 0 aliphatic carbocycles. The Morgan fingerprint density at radius 1 is 1.22 bits per heavy atom. The lowest BCUT2D eigenvalue weighted by Crippen LogP contribution is -2.90. The van der Waals surface area contributed by atoms with Crippen LogP contribution in [0.3, 0.4) is 0 Å². The molecule has 2 rings (SSSR count). The number of carbonyl (C=O) groups is 1. The summed E-state index contributed by atoms with van der Waals surface area (Å²) in [5, 5.41) is 2.23. The molecule has 1 aliphatic rings. The zero-order chi connectivity index (χ0) is 13.0. The third-order valence-electron chi connectivity index (χ3n) is 3.12. The fourth-order valence-electron chi connectivity index (χ4n) is 2.25. The summed E-state index contributed by atoms with van der Waals surface area (Å²) in [6.45, 7) is 7.85. The highest BCUT2D eigenvalue weighted by Gasteiger charge is 2.18. The summed E-state index contributed by atoms with van der Waals surface area (Å²) >= 11 is 0. The van der Waals surface area contributed by atoms with Gasteiger partial charge in [0, 0.05) is 0 Å². The number of amides is 1. The molecule has 1 amide bonds. The molecule has 0 atom stereocenters. The van der Waals surface area contributed by atoms with E-state index in [0.29, 0.717) is 0 Å². The van der Waals surface area contributed by atoms with E-state index in [-0.39, 0.29) is 12.5 Å². The van der Waals surface area contributed by atoms with Crippen LogP contribution in [0.4, 0.5) is 0 Å². The van der Waals surface area contributed by atoms with Crippen molar-refractivity contribution in [3.63, 3.8) is 0 Å². The lowest BCUT2D eigenvalue weighted by atomic mass is 10.1. The summed E-state index contributed by atoms with van der Waals surface area (Å²) in [7, 11) is 0. The van der Waals surface area contributed by atoms with Gasteiger partial charge in [-0.05, 0) is 37.1 Å². The summed E-state index contributed by atoms with van der Waals surface area (Å²) in [6, 6.07) is 6.02. The average Bonchev–Trinajstić information content (AvgIpc) is 2.36. The maximum absolute atomic E-state index is 11.9. The second-order valence-electron chi connectivity index (χ2n) is 4.86. The number of rotatable bonds is 3. The van der Waals surface area contributed by atoms with Gasteiger partial charge in [0.05, 0.1) is 26.2 Å². The van der Waals surface area contributed by atoms with E-state index in [4.69, 9.17) is 4.74 Å². The number of aryl methyl sites for hydroxylation is 2. The number of piperazine rings is 1. The molecule has 18 heavy (non-hydrogen) atoms. The number of quaternary nitrogens is 1. The number of nitrogens with zero attached hydrogens (tertiary/aromatic N) is 1. The van der Waals surface area contributed by atoms with Crippen molar-refractivity contribution in [3.8, 4) is 5.75 Å². The van der Waals surface area contributed by atoms with Gasteiger partial charge in [-0.1, -0.05) is 6.07 Å². The van der Waals surface area contributed by atoms with Crippen molar-refractivity contribution in [1.82, 2.24) is 4.90 Å². The van der Waals surface area contributed by atoms with Gasteiger partial charge in [-0.15, -0.1) is 0 Å². The van der Waals surface area contributed by atoms with Crippen LogP contribution in [0.15, 0.2) is 18.2 Å². The molecule has 4 heteroatoms. The predicted molar refractivity (Wildman–Crippen MR) is 69.7 cm³/mol. The summed E-state index contributed by atoms with van der Waals surface area (Å²) in [4.78, 5) is 13.8. The van der Waals surface area contributed by atoms with E-state index in [1.54, 1.807) is 0 Å². The summed E-state index contributed by atoms with van der Waals surface area (Å²) in [6.07, 6.45) is 0. The minimum absolute atomic E-state index is 0.0854. The number of ether oxygens (including phenoxy) is 1. The van der Waals surface area contributed by atoms with E-state index in [1.807, 2.05) is 30.9 Å². The van der Waals surface area contributed by atoms with E-state index in [0.717, 1.165) is 43.1 Å². The molecule has 1 aromatic carbocycles. The van der Waals surface area contributed by atoms with E-state index in [1.165, 1.54) is 0 Å². The maximum Gasteiger partial charge on any atom is 0.260 e. The van der Waals surface area contributed by atoms with Crippen LogP contribution in [0.1, 0.15) is 11.1 Å². The first-order valence-corrected chi connectivity index (χ1v) is 6.46. The molecule has 0 unspecified atom stereocenters. The Kier molecular flexibility index (Phi) is 4.20. The smallest absolute Gasteiger partial charge is 0.260 e. The Bertz CT molecular complexity index is 406. The largest absolute Gasteiger partial charge is 0.484 e. The normalized spacial score (nSPS) is 15.6. The van der Waals surface area contributed by atoms with Crippen LogP contribution in [0, 0.1) is 13.8 Å². The number of nitrogens with two attached hydrogens (primary N) is 1. The van der Waals surface area contributed by atoms with Crippen LogP contribution in [-0.4, -0.2) is 43.6 Å². The van der Waals surface area contributed by atoms with Gasteiger partial charge < -0.3 is 15.0 Å². The molecule has 0 bridgehead atoms. The van der Waals surface area contributed by atoms with Gasteiger partial charge in [0.25, 0.3) is 5.91 Å². The van der Waals surface area contributed by atoms with Gasteiger partial charge in [-0.25, -0.2) is 0 Å². The molecule has 1 fully saturated rings. The van der Waals surface area contributed by atoms with Crippen LogP contribution in [-0.2, 0) is 4.79 Å². The Hall–Kier alpha value is -1.55. The first-order chi connectivity index (χ1) is 8.65. The molecule has 1 aliphatic heterocycles. The van der Waals surface area contributed by atoms with Gasteiger partial charge in [0.2, 0.25) is 0 Å². The Labute approximate surface area is 108 Å². The van der Waals surface area contributed by atoms with Crippen molar-refractivity contribution in [2.24, 2.45) is 0 Å². The van der Waals surface area contributed by atoms with Crippen LogP contribution in [0.2, 0.25) is 0 Å². The van der Waals surface area contributed by atoms with E-state index in [2.05, 4.69) is 11.4 Å². The highest BCUT2D eigenvalue weighted by atomic mass is 16.5. The molecule has 0 spiro atoms. The van der Waals surface area contributed by atoms with Crippen LogP contribution in [0.5, 0.6) is 5.75 Å². The molecular weight excluding hydrogens is 228 g/mol. The van der Waals surface area contributed by atoms with Crippen molar-refractivity contribution < 1.29 is 14.8 Å². The van der Waals surface area contributed by atoms with Gasteiger partial charge >= 0.3 is 0 Å². The fraction of sp³-hybridized carbons (Fsp3) is 0.500. The molecule has 1 saturated heterocycles. The summed E-state index contributed by atoms with van der Waals surface area (Å²) < 4.78 is 5.58. The first-order valence-electron chi connectivity index (χ1n) is 6.46. The van der Waals surface area contributed by atoms with Crippen LogP contribution >= 0.6 is 0 Å². The number of hydrogen-bond acceptors (Lipinski definition) is 2. The molecule has 1 heterocycles. The van der Waals surface area contributed by atoms with Crippen molar-refractivity contribution in [2.45, 2.75) is 13.8 Å². The quantitative estimate of drug-likeness (QED) is 0.825. The standard InChI is InChI=1S/C14H20N2O2/c1-11-7-12(2)9-13(8-11)18-10-14(17)16-5-3-15-4-6-16/h7-9,15H,3-6,10H2,1-2H3/p+1. The Morgan fingerprint density at radius 3 is 2.44 bits per heavy atom. The van der Waals surface area contributed by atoms with E-state index in [9.17, 15) is 4.79 Å². The van der Waals surface area contributed by atoms with Gasteiger partial charge in [0.15, 0.2) is 6.61 Å². The van der Waals surface area contributed by atoms with Crippen molar-refractivity contribution in [2.75, 3.05) is 32.8 Å². The highest BCUT2D eigenvalue weighted by molar-refractivity contribution is 5.77. The molecule has 0 saturated carbocycles. The van der Waals surface area contributed by atoms with Crippen molar-refractivity contribution in [3.05, 3.63) is 29.3 Å². The molecule has 0 radical (unpaired) electrons. The third kappa shape index (κ3) is 3.47. The fourth-order valence-corrected chi connectivity index (χ4v) is 2.25. The Balaban J connectivity index is 1.88. The highest BCUT2D eigenvalue weighted by Crippen LogP contribution is 2.16. The van der Waals surface area contributed by atoms with Crippen LogP contribution in [0.25, 0.3) is 0 Å². The minimum Gasteiger partial charge on any atom is -0.484 e. The second kappa shape index (κ2) is 5.87. The van der Waals surface area contributed by atoms with Gasteiger partial charge in [-0.3, -0.25) is 4.79 Å². The maximum atomic E-state index is 11.9. The van der Waals surface area contributed by atoms with E-state index < -0.39 is 0 Å². The zero-order valence-electron chi connectivity index (χ0n) is 11.1. The SMILES string of the molecule is Cc1cc(C)cc(OCC(=O)N2CC[NH2+]CC2)c1.